The number of nitrogens with two attached hydrogens (primary N) is 1. The molecule has 5 heteroatoms. The average Bonchev–Trinajstić information content (AvgIpc) is 2.37. The highest BCUT2D eigenvalue weighted by Gasteiger charge is 2.31. The van der Waals surface area contributed by atoms with Gasteiger partial charge < -0.3 is 20.5 Å². The Morgan fingerprint density at radius 3 is 2.89 bits per heavy atom. The summed E-state index contributed by atoms with van der Waals surface area (Å²) in [6.45, 7) is 4.51. The second-order valence-corrected chi connectivity index (χ2v) is 5.47. The monoisotopic (exact) mass is 256 g/mol. The van der Waals surface area contributed by atoms with Crippen LogP contribution in [0.5, 0.6) is 0 Å². The third-order valence-electron chi connectivity index (χ3n) is 3.94. The summed E-state index contributed by atoms with van der Waals surface area (Å²) in [4.78, 5) is 12.1. The molecule has 0 radical (unpaired) electrons. The lowest BCUT2D eigenvalue weighted by Gasteiger charge is -2.32. The molecule has 1 saturated carbocycles. The predicted octanol–water partition coefficient (Wildman–Crippen LogP) is 0.282. The minimum atomic E-state index is 0.00357. The summed E-state index contributed by atoms with van der Waals surface area (Å²) >= 11 is 0. The molecule has 1 aliphatic carbocycles. The van der Waals surface area contributed by atoms with Gasteiger partial charge in [-0.2, -0.15) is 0 Å². The molecule has 1 aliphatic heterocycles. The number of carbonyl (C=O) groups is 1. The summed E-state index contributed by atoms with van der Waals surface area (Å²) in [6.07, 6.45) is 2.80. The van der Waals surface area contributed by atoms with Gasteiger partial charge in [0.05, 0.1) is 25.9 Å². The maximum Gasteiger partial charge on any atom is 0.223 e. The molecule has 0 spiro atoms. The lowest BCUT2D eigenvalue weighted by atomic mass is 9.78. The van der Waals surface area contributed by atoms with Crippen LogP contribution in [0.25, 0.3) is 0 Å². The summed E-state index contributed by atoms with van der Waals surface area (Å²) in [6, 6.07) is 0.263. The predicted molar refractivity (Wildman–Crippen MR) is 68.0 cm³/mol. The quantitative estimate of drug-likeness (QED) is 0.761. The molecule has 2 rings (SSSR count). The molecule has 5 nitrogen and oxygen atoms in total. The molecule has 0 aromatic heterocycles. The van der Waals surface area contributed by atoms with E-state index >= 15 is 0 Å². The van der Waals surface area contributed by atoms with Crippen molar-refractivity contribution in [3.63, 3.8) is 0 Å². The zero-order valence-electron chi connectivity index (χ0n) is 11.1. The topological polar surface area (TPSA) is 73.6 Å². The first-order valence-corrected chi connectivity index (χ1v) is 6.89. The van der Waals surface area contributed by atoms with Crippen molar-refractivity contribution in [1.82, 2.24) is 5.32 Å². The molecule has 2 fully saturated rings. The number of carbonyl (C=O) groups excluding carboxylic acids is 1. The van der Waals surface area contributed by atoms with E-state index in [2.05, 4.69) is 12.2 Å². The SMILES string of the molecule is CC1CC(N)CCC1C(=O)NCC1COCCO1. The van der Waals surface area contributed by atoms with Crippen LogP contribution in [0.1, 0.15) is 26.2 Å². The van der Waals surface area contributed by atoms with Crippen LogP contribution in [0.15, 0.2) is 0 Å². The first-order valence-electron chi connectivity index (χ1n) is 6.89. The number of hydrogen-bond donors (Lipinski definition) is 2. The standard InChI is InChI=1S/C13H24N2O3/c1-9-6-10(14)2-3-12(9)13(16)15-7-11-8-17-4-5-18-11/h9-12H,2-8,14H2,1H3,(H,15,16). The fourth-order valence-corrected chi connectivity index (χ4v) is 2.83. The lowest BCUT2D eigenvalue weighted by molar-refractivity contribution is -0.130. The second-order valence-electron chi connectivity index (χ2n) is 5.47. The fourth-order valence-electron chi connectivity index (χ4n) is 2.83. The molecular weight excluding hydrogens is 232 g/mol. The number of ether oxygens (including phenoxy) is 2. The molecule has 1 heterocycles. The number of hydrogen-bond acceptors (Lipinski definition) is 4. The van der Waals surface area contributed by atoms with E-state index in [4.69, 9.17) is 15.2 Å². The molecule has 2 aliphatic rings. The molecule has 4 atom stereocenters. The molecule has 0 aromatic carbocycles. The van der Waals surface area contributed by atoms with Crippen LogP contribution >= 0.6 is 0 Å². The highest BCUT2D eigenvalue weighted by atomic mass is 16.6. The van der Waals surface area contributed by atoms with Gasteiger partial charge in [-0.25, -0.2) is 0 Å². The number of rotatable bonds is 3. The molecule has 0 aromatic rings. The molecule has 1 saturated heterocycles. The van der Waals surface area contributed by atoms with Crippen molar-refractivity contribution in [2.45, 2.75) is 38.3 Å². The molecule has 18 heavy (non-hydrogen) atoms. The Labute approximate surface area is 108 Å². The van der Waals surface area contributed by atoms with Crippen LogP contribution in [0.2, 0.25) is 0 Å². The lowest BCUT2D eigenvalue weighted by Crippen LogP contribution is -2.45. The van der Waals surface area contributed by atoms with Crippen LogP contribution in [0.3, 0.4) is 0 Å². The van der Waals surface area contributed by atoms with Gasteiger partial charge in [0.25, 0.3) is 0 Å². The summed E-state index contributed by atoms with van der Waals surface area (Å²) in [7, 11) is 0. The Hall–Kier alpha value is -0.650. The Morgan fingerprint density at radius 2 is 2.22 bits per heavy atom. The maximum absolute atomic E-state index is 12.1. The van der Waals surface area contributed by atoms with Crippen LogP contribution in [0.4, 0.5) is 0 Å². The van der Waals surface area contributed by atoms with Gasteiger partial charge in [0.1, 0.15) is 0 Å². The van der Waals surface area contributed by atoms with Crippen molar-refractivity contribution in [2.24, 2.45) is 17.6 Å². The Kier molecular flexibility index (Phi) is 4.97. The van der Waals surface area contributed by atoms with Gasteiger partial charge in [0, 0.05) is 18.5 Å². The van der Waals surface area contributed by atoms with E-state index in [1.54, 1.807) is 0 Å². The van der Waals surface area contributed by atoms with Crippen molar-refractivity contribution in [2.75, 3.05) is 26.4 Å². The molecule has 1 amide bonds. The summed E-state index contributed by atoms with van der Waals surface area (Å²) in [5.74, 6) is 0.621. The Balaban J connectivity index is 1.73. The second kappa shape index (κ2) is 6.50. The Morgan fingerprint density at radius 1 is 1.39 bits per heavy atom. The van der Waals surface area contributed by atoms with Crippen LogP contribution < -0.4 is 11.1 Å². The molecule has 4 unspecified atom stereocenters. The van der Waals surface area contributed by atoms with E-state index in [0.29, 0.717) is 32.3 Å². The first-order chi connectivity index (χ1) is 8.66. The van der Waals surface area contributed by atoms with Crippen LogP contribution in [-0.4, -0.2) is 44.4 Å². The van der Waals surface area contributed by atoms with Crippen molar-refractivity contribution >= 4 is 5.91 Å². The number of amides is 1. The van der Waals surface area contributed by atoms with E-state index in [1.807, 2.05) is 0 Å². The molecule has 3 N–H and O–H groups in total. The molecule has 0 bridgehead atoms. The van der Waals surface area contributed by atoms with Gasteiger partial charge in [0.2, 0.25) is 5.91 Å². The van der Waals surface area contributed by atoms with E-state index in [0.717, 1.165) is 19.3 Å². The number of nitrogens with one attached hydrogen (secondary N) is 1. The summed E-state index contributed by atoms with van der Waals surface area (Å²) < 4.78 is 10.8. The van der Waals surface area contributed by atoms with Crippen molar-refractivity contribution in [3.05, 3.63) is 0 Å². The van der Waals surface area contributed by atoms with E-state index in [9.17, 15) is 4.79 Å². The first kappa shape index (κ1) is 13.8. The fraction of sp³-hybridized carbons (Fsp3) is 0.923. The zero-order valence-corrected chi connectivity index (χ0v) is 11.1. The smallest absolute Gasteiger partial charge is 0.223 e. The van der Waals surface area contributed by atoms with Gasteiger partial charge in [-0.15, -0.1) is 0 Å². The third-order valence-corrected chi connectivity index (χ3v) is 3.94. The van der Waals surface area contributed by atoms with Crippen molar-refractivity contribution in [3.8, 4) is 0 Å². The van der Waals surface area contributed by atoms with Gasteiger partial charge in [0.15, 0.2) is 0 Å². The van der Waals surface area contributed by atoms with Crippen LogP contribution in [0, 0.1) is 11.8 Å². The minimum absolute atomic E-state index is 0.00357. The largest absolute Gasteiger partial charge is 0.376 e. The van der Waals surface area contributed by atoms with E-state index in [-0.39, 0.29) is 24.0 Å². The van der Waals surface area contributed by atoms with Crippen molar-refractivity contribution in [1.29, 1.82) is 0 Å². The maximum atomic E-state index is 12.1. The highest BCUT2D eigenvalue weighted by Crippen LogP contribution is 2.29. The van der Waals surface area contributed by atoms with Gasteiger partial charge in [-0.1, -0.05) is 6.92 Å². The van der Waals surface area contributed by atoms with Crippen molar-refractivity contribution < 1.29 is 14.3 Å². The molecule has 104 valence electrons. The van der Waals surface area contributed by atoms with Gasteiger partial charge >= 0.3 is 0 Å². The van der Waals surface area contributed by atoms with E-state index in [1.165, 1.54) is 0 Å². The normalized spacial score (nSPS) is 37.2. The van der Waals surface area contributed by atoms with E-state index < -0.39 is 0 Å². The minimum Gasteiger partial charge on any atom is -0.376 e. The highest BCUT2D eigenvalue weighted by molar-refractivity contribution is 5.79. The summed E-state index contributed by atoms with van der Waals surface area (Å²) in [5.41, 5.74) is 5.91. The average molecular weight is 256 g/mol. The molecular formula is C13H24N2O3. The Bertz CT molecular complexity index is 279. The zero-order chi connectivity index (χ0) is 13.0. The third kappa shape index (κ3) is 3.67. The van der Waals surface area contributed by atoms with Gasteiger partial charge in [-0.3, -0.25) is 4.79 Å². The van der Waals surface area contributed by atoms with Gasteiger partial charge in [-0.05, 0) is 25.2 Å². The van der Waals surface area contributed by atoms with Crippen LogP contribution in [-0.2, 0) is 14.3 Å². The summed E-state index contributed by atoms with van der Waals surface area (Å²) in [5, 5.41) is 2.98.